The molecule has 55 heavy (non-hydrogen) atoms. The average Bonchev–Trinajstić information content (AvgIpc) is 3.81. The fourth-order valence-corrected chi connectivity index (χ4v) is 8.47. The number of alkyl carbamates (subject to hydrolysis) is 1. The number of carbonyl (C=O) groups is 4. The molecular formula is C41H60FN3O10. The molecule has 3 aliphatic rings. The first-order valence-corrected chi connectivity index (χ1v) is 19.9. The highest BCUT2D eigenvalue weighted by atomic mass is 19.1. The van der Waals surface area contributed by atoms with Gasteiger partial charge in [0, 0.05) is 50.8 Å². The summed E-state index contributed by atoms with van der Waals surface area (Å²) in [7, 11) is 3.34. The molecule has 2 N–H and O–H groups in total. The van der Waals surface area contributed by atoms with Gasteiger partial charge in [-0.05, 0) is 121 Å². The van der Waals surface area contributed by atoms with Crippen LogP contribution in [0.5, 0.6) is 0 Å². The quantitative estimate of drug-likeness (QED) is 0.140. The number of halogens is 1. The number of esters is 1. The van der Waals surface area contributed by atoms with Crippen LogP contribution >= 0.6 is 0 Å². The molecule has 5 rings (SSSR count). The van der Waals surface area contributed by atoms with Crippen molar-refractivity contribution in [3.05, 3.63) is 30.0 Å². The highest BCUT2D eigenvalue weighted by Crippen LogP contribution is 2.42. The number of alkyl halides is 1. The molecule has 13 nitrogen and oxygen atoms in total. The van der Waals surface area contributed by atoms with Crippen LogP contribution < -0.4 is 10.6 Å². The Hall–Kier alpha value is -3.75. The zero-order valence-electron chi connectivity index (χ0n) is 33.1. The van der Waals surface area contributed by atoms with Crippen LogP contribution in [0.4, 0.5) is 14.9 Å². The second-order valence-corrected chi connectivity index (χ2v) is 16.2. The van der Waals surface area contributed by atoms with Crippen molar-refractivity contribution in [1.29, 1.82) is 0 Å². The molecule has 2 aromatic rings. The smallest absolute Gasteiger partial charge is 0.407 e. The molecule has 1 unspecified atom stereocenters. The third-order valence-electron chi connectivity index (χ3n) is 11.3. The van der Waals surface area contributed by atoms with Gasteiger partial charge in [0.2, 0.25) is 17.6 Å². The number of anilines is 1. The van der Waals surface area contributed by atoms with Gasteiger partial charge < -0.3 is 43.6 Å². The van der Waals surface area contributed by atoms with E-state index >= 15 is 0 Å². The highest BCUT2D eigenvalue weighted by molar-refractivity contribution is 6.00. The largest absolute Gasteiger partial charge is 0.460 e. The minimum atomic E-state index is -0.717. The fraction of sp³-hybridized carbons (Fsp3) is 0.707. The summed E-state index contributed by atoms with van der Waals surface area (Å²) in [6.07, 6.45) is 6.79. The summed E-state index contributed by atoms with van der Waals surface area (Å²) in [5.41, 5.74) is 0.314. The first kappa shape index (κ1) is 42.4. The van der Waals surface area contributed by atoms with Crippen molar-refractivity contribution >= 4 is 40.5 Å². The molecule has 3 amide bonds. The number of carbonyl (C=O) groups excluding carboxylic acids is 4. The highest BCUT2D eigenvalue weighted by Gasteiger charge is 2.47. The summed E-state index contributed by atoms with van der Waals surface area (Å²) < 4.78 is 46.5. The van der Waals surface area contributed by atoms with E-state index in [4.69, 9.17) is 28.1 Å². The van der Waals surface area contributed by atoms with E-state index in [0.29, 0.717) is 75.1 Å². The van der Waals surface area contributed by atoms with E-state index in [1.807, 2.05) is 0 Å². The lowest BCUT2D eigenvalue weighted by Crippen LogP contribution is -2.50. The van der Waals surface area contributed by atoms with Gasteiger partial charge in [-0.2, -0.15) is 0 Å². The van der Waals surface area contributed by atoms with Crippen LogP contribution in [0.1, 0.15) is 95.5 Å². The maximum absolute atomic E-state index is 14.3. The molecule has 3 atom stereocenters. The van der Waals surface area contributed by atoms with Gasteiger partial charge in [0.15, 0.2) is 0 Å². The summed E-state index contributed by atoms with van der Waals surface area (Å²) >= 11 is 0. The van der Waals surface area contributed by atoms with E-state index in [2.05, 4.69) is 10.6 Å². The van der Waals surface area contributed by atoms with E-state index in [9.17, 15) is 23.6 Å². The van der Waals surface area contributed by atoms with Crippen LogP contribution in [0.2, 0.25) is 0 Å². The Labute approximate surface area is 323 Å². The number of ether oxygens (including phenoxy) is 5. The maximum Gasteiger partial charge on any atom is 0.407 e. The average molecular weight is 774 g/mol. The lowest BCUT2D eigenvalue weighted by Gasteiger charge is -2.38. The first-order chi connectivity index (χ1) is 26.4. The molecule has 2 aliphatic carbocycles. The van der Waals surface area contributed by atoms with Gasteiger partial charge in [-0.1, -0.05) is 0 Å². The van der Waals surface area contributed by atoms with Crippen molar-refractivity contribution in [3.63, 3.8) is 0 Å². The molecule has 1 aliphatic heterocycles. The van der Waals surface area contributed by atoms with E-state index in [-0.39, 0.29) is 54.0 Å². The van der Waals surface area contributed by atoms with Crippen LogP contribution in [-0.2, 0) is 33.3 Å². The van der Waals surface area contributed by atoms with Gasteiger partial charge in [-0.15, -0.1) is 0 Å². The Balaban J connectivity index is 1.23. The lowest BCUT2D eigenvalue weighted by molar-refractivity contribution is -0.142. The number of nitrogens with one attached hydrogen (secondary N) is 2. The van der Waals surface area contributed by atoms with Gasteiger partial charge in [-0.3, -0.25) is 9.59 Å². The Kier molecular flexibility index (Phi) is 15.3. The number of benzene rings is 1. The molecule has 306 valence electrons. The van der Waals surface area contributed by atoms with E-state index in [1.54, 1.807) is 64.2 Å². The lowest BCUT2D eigenvalue weighted by atomic mass is 9.75. The van der Waals surface area contributed by atoms with Gasteiger partial charge in [-0.25, -0.2) is 14.0 Å². The number of likely N-dealkylation sites (tertiary alicyclic amines) is 1. The molecule has 1 aromatic heterocycles. The third-order valence-corrected chi connectivity index (χ3v) is 11.3. The van der Waals surface area contributed by atoms with Crippen molar-refractivity contribution < 1.29 is 51.7 Å². The number of fused-ring (bicyclic) bond motifs is 1. The topological polar surface area (TPSA) is 155 Å². The molecule has 2 saturated carbocycles. The molecule has 14 heteroatoms. The number of rotatable bonds is 16. The molecule has 1 aromatic carbocycles. The van der Waals surface area contributed by atoms with E-state index in [1.165, 1.54) is 0 Å². The summed E-state index contributed by atoms with van der Waals surface area (Å²) in [6, 6.07) is 5.44. The zero-order chi connectivity index (χ0) is 39.5. The Morgan fingerprint density at radius 1 is 0.927 bits per heavy atom. The number of nitrogens with zero attached hydrogens (tertiary/aromatic N) is 1. The van der Waals surface area contributed by atoms with E-state index < -0.39 is 36.4 Å². The number of hydrogen-bond donors (Lipinski definition) is 2. The fourth-order valence-electron chi connectivity index (χ4n) is 8.47. The van der Waals surface area contributed by atoms with Crippen LogP contribution in [0.25, 0.3) is 11.0 Å². The first-order valence-electron chi connectivity index (χ1n) is 19.9. The molecule has 0 bridgehead atoms. The number of methoxy groups -OCH3 is 2. The van der Waals surface area contributed by atoms with Crippen LogP contribution in [0.15, 0.2) is 28.7 Å². The minimum absolute atomic E-state index is 0.00329. The van der Waals surface area contributed by atoms with E-state index in [0.717, 1.165) is 32.1 Å². The predicted octanol–water partition coefficient (Wildman–Crippen LogP) is 6.67. The molecule has 2 heterocycles. The molecule has 0 spiro atoms. The summed E-state index contributed by atoms with van der Waals surface area (Å²) in [6.45, 7) is 6.64. The van der Waals surface area contributed by atoms with Gasteiger partial charge in [0.25, 0.3) is 0 Å². The van der Waals surface area contributed by atoms with Gasteiger partial charge in [0.05, 0.1) is 32.0 Å². The number of furan rings is 1. The summed E-state index contributed by atoms with van der Waals surface area (Å²) in [5, 5.41) is 6.41. The molecule has 0 radical (unpaired) electrons. The maximum atomic E-state index is 14.3. The molecule has 1 saturated heterocycles. The van der Waals surface area contributed by atoms with Crippen LogP contribution in [-0.4, -0.2) is 106 Å². The van der Waals surface area contributed by atoms with Crippen molar-refractivity contribution in [2.45, 2.75) is 109 Å². The van der Waals surface area contributed by atoms with Crippen LogP contribution in [0.3, 0.4) is 0 Å². The Bertz CT molecular complexity index is 1580. The number of hydrogen-bond acceptors (Lipinski definition) is 10. The van der Waals surface area contributed by atoms with Gasteiger partial charge >= 0.3 is 12.1 Å². The zero-order valence-corrected chi connectivity index (χ0v) is 33.1. The molecule has 3 fully saturated rings. The second-order valence-electron chi connectivity index (χ2n) is 16.2. The monoisotopic (exact) mass is 773 g/mol. The standard InChI is InChI=1S/C41H60FN3O10/c1-41(2,3)55-40(49)44-33(25-42)27-7-9-28(10-8-27)38(47)45-18-17-32(26-11-14-31(51-5)15-12-26)36(45)37(46)43-30-13-16-34-29(23-30)24-35(54-34)39(48)53-20-6-19-52-22-21-50-4/h13,16,23-24,26-28,31-33,36H,6-12,14-15,17-22,25H2,1-5H3,(H,43,46)(H,44,49)/t26?,27?,28?,31?,32-,33?,36-/m0/s1. The van der Waals surface area contributed by atoms with Crippen molar-refractivity contribution in [3.8, 4) is 0 Å². The van der Waals surface area contributed by atoms with Crippen molar-refractivity contribution in [2.75, 3.05) is 59.2 Å². The second kappa shape index (κ2) is 19.9. The summed E-state index contributed by atoms with van der Waals surface area (Å²) in [5.74, 6) is -0.942. The Morgan fingerprint density at radius 3 is 2.35 bits per heavy atom. The molecular weight excluding hydrogens is 713 g/mol. The van der Waals surface area contributed by atoms with Crippen molar-refractivity contribution in [1.82, 2.24) is 10.2 Å². The SMILES string of the molecule is COCCOCCCOC(=O)c1cc2cc(NC(=O)[C@@H]3[C@H](C4CCC(OC)CC4)CCN3C(=O)C3CCC(C(CF)NC(=O)OC(C)(C)C)CC3)ccc2o1. The Morgan fingerprint density at radius 2 is 1.67 bits per heavy atom. The third kappa shape index (κ3) is 11.6. The van der Waals surface area contributed by atoms with Crippen LogP contribution in [0, 0.1) is 23.7 Å². The number of amides is 3. The van der Waals surface area contributed by atoms with Crippen molar-refractivity contribution in [2.24, 2.45) is 23.7 Å². The normalized spacial score (nSPS) is 25.0. The predicted molar refractivity (Wildman–Crippen MR) is 203 cm³/mol. The minimum Gasteiger partial charge on any atom is -0.460 e. The van der Waals surface area contributed by atoms with Gasteiger partial charge in [0.1, 0.15) is 23.9 Å². The summed E-state index contributed by atoms with van der Waals surface area (Å²) in [4.78, 5) is 55.4.